The normalized spacial score (nSPS) is 15.3. The molecule has 1 aliphatic rings. The van der Waals surface area contributed by atoms with Gasteiger partial charge >= 0.3 is 0 Å². The van der Waals surface area contributed by atoms with Crippen LogP contribution in [-0.4, -0.2) is 19.3 Å². The van der Waals surface area contributed by atoms with Gasteiger partial charge in [0.05, 0.1) is 16.6 Å². The second-order valence-corrected chi connectivity index (χ2v) is 9.60. The fourth-order valence-corrected chi connectivity index (χ4v) is 5.14. The number of carbonyl (C=O) groups is 1. The number of anilines is 1. The third kappa shape index (κ3) is 5.13. The average Bonchev–Trinajstić information content (AvgIpc) is 3.33. The van der Waals surface area contributed by atoms with Gasteiger partial charge in [-0.15, -0.1) is 0 Å². The Balaban J connectivity index is 1.50. The number of nitrogens with one attached hydrogen (secondary N) is 2. The van der Waals surface area contributed by atoms with Gasteiger partial charge in [0.25, 0.3) is 15.9 Å². The van der Waals surface area contributed by atoms with Gasteiger partial charge in [0.15, 0.2) is 0 Å². The van der Waals surface area contributed by atoms with Crippen LogP contribution >= 0.6 is 0 Å². The zero-order valence-corrected chi connectivity index (χ0v) is 18.2. The van der Waals surface area contributed by atoms with E-state index in [-0.39, 0.29) is 28.6 Å². The Bertz CT molecular complexity index is 1160. The number of hydrogen-bond acceptors (Lipinski definition) is 4. The summed E-state index contributed by atoms with van der Waals surface area (Å²) >= 11 is 0. The first-order valence-electron chi connectivity index (χ1n) is 10.5. The highest BCUT2D eigenvalue weighted by Gasteiger charge is 2.28. The van der Waals surface area contributed by atoms with Crippen LogP contribution in [0.1, 0.15) is 47.6 Å². The van der Waals surface area contributed by atoms with Gasteiger partial charge in [0, 0.05) is 18.0 Å². The highest BCUT2D eigenvalue weighted by Crippen LogP contribution is 2.36. The van der Waals surface area contributed by atoms with Crippen molar-refractivity contribution in [2.45, 2.75) is 36.6 Å². The standard InChI is InChI=1S/C24H24FN3O3S/c25-20-9-5-18(6-10-20)23(17-3-1-2-4-17)27-24(29)19-7-11-22(12-8-19)32(30,31)28-21-13-15-26-16-14-21/h5-17,23H,1-4H2,(H,26,28)(H,27,29). The van der Waals surface area contributed by atoms with Crippen molar-refractivity contribution in [3.8, 4) is 0 Å². The summed E-state index contributed by atoms with van der Waals surface area (Å²) in [6.45, 7) is 0. The summed E-state index contributed by atoms with van der Waals surface area (Å²) in [5.74, 6) is -0.326. The lowest BCUT2D eigenvalue weighted by Gasteiger charge is -2.25. The van der Waals surface area contributed by atoms with Gasteiger partial charge < -0.3 is 5.32 Å². The molecule has 0 radical (unpaired) electrons. The summed E-state index contributed by atoms with van der Waals surface area (Å²) < 4.78 is 41.0. The van der Waals surface area contributed by atoms with Crippen LogP contribution < -0.4 is 10.0 Å². The molecule has 1 aromatic heterocycles. The molecule has 1 aliphatic carbocycles. The predicted octanol–water partition coefficient (Wildman–Crippen LogP) is 4.68. The van der Waals surface area contributed by atoms with Crippen LogP contribution in [0.15, 0.2) is 78.0 Å². The first-order chi connectivity index (χ1) is 15.4. The summed E-state index contributed by atoms with van der Waals surface area (Å²) in [6, 6.07) is 14.9. The molecule has 1 saturated carbocycles. The van der Waals surface area contributed by atoms with Crippen molar-refractivity contribution in [1.29, 1.82) is 0 Å². The summed E-state index contributed by atoms with van der Waals surface area (Å²) in [5.41, 5.74) is 1.63. The summed E-state index contributed by atoms with van der Waals surface area (Å²) in [6.07, 6.45) is 7.20. The van der Waals surface area contributed by atoms with Crippen LogP contribution in [0.2, 0.25) is 0 Å². The number of aromatic nitrogens is 1. The van der Waals surface area contributed by atoms with E-state index in [2.05, 4.69) is 15.0 Å². The Morgan fingerprint density at radius 3 is 2.19 bits per heavy atom. The topological polar surface area (TPSA) is 88.2 Å². The average molecular weight is 454 g/mol. The number of nitrogens with zero attached hydrogens (tertiary/aromatic N) is 1. The van der Waals surface area contributed by atoms with Crippen molar-refractivity contribution in [1.82, 2.24) is 10.3 Å². The molecule has 1 amide bonds. The molecule has 32 heavy (non-hydrogen) atoms. The van der Waals surface area contributed by atoms with Crippen LogP contribution in [0, 0.1) is 11.7 Å². The number of benzene rings is 2. The monoisotopic (exact) mass is 453 g/mol. The molecule has 2 aromatic carbocycles. The lowest BCUT2D eigenvalue weighted by Crippen LogP contribution is -2.32. The minimum absolute atomic E-state index is 0.0525. The van der Waals surface area contributed by atoms with Crippen molar-refractivity contribution in [2.75, 3.05) is 4.72 Å². The number of pyridine rings is 1. The van der Waals surface area contributed by atoms with E-state index in [0.717, 1.165) is 31.2 Å². The minimum Gasteiger partial charge on any atom is -0.345 e. The van der Waals surface area contributed by atoms with Crippen LogP contribution in [-0.2, 0) is 10.0 Å². The van der Waals surface area contributed by atoms with Crippen molar-refractivity contribution in [3.05, 3.63) is 90.0 Å². The zero-order chi connectivity index (χ0) is 22.6. The highest BCUT2D eigenvalue weighted by molar-refractivity contribution is 7.92. The molecule has 1 fully saturated rings. The Morgan fingerprint density at radius 2 is 1.56 bits per heavy atom. The number of amides is 1. The Hall–Kier alpha value is -3.26. The first kappa shape index (κ1) is 22.0. The molecule has 1 atom stereocenters. The van der Waals surface area contributed by atoms with Gasteiger partial charge in [-0.25, -0.2) is 12.8 Å². The molecule has 0 aliphatic heterocycles. The van der Waals surface area contributed by atoms with Gasteiger partial charge in [-0.3, -0.25) is 14.5 Å². The van der Waals surface area contributed by atoms with Crippen LogP contribution in [0.5, 0.6) is 0 Å². The number of hydrogen-bond donors (Lipinski definition) is 2. The van der Waals surface area contributed by atoms with Crippen molar-refractivity contribution in [3.63, 3.8) is 0 Å². The fourth-order valence-electron chi connectivity index (χ4n) is 4.08. The van der Waals surface area contributed by atoms with Crippen LogP contribution in [0.3, 0.4) is 0 Å². The van der Waals surface area contributed by atoms with Gasteiger partial charge in [0.1, 0.15) is 5.82 Å². The number of sulfonamides is 1. The second kappa shape index (κ2) is 9.48. The number of rotatable bonds is 7. The van der Waals surface area contributed by atoms with Gasteiger partial charge in [-0.2, -0.15) is 0 Å². The third-order valence-corrected chi connectivity index (χ3v) is 7.14. The van der Waals surface area contributed by atoms with Crippen molar-refractivity contribution in [2.24, 2.45) is 5.92 Å². The minimum atomic E-state index is -3.78. The van der Waals surface area contributed by atoms with E-state index in [1.165, 1.54) is 48.8 Å². The smallest absolute Gasteiger partial charge is 0.261 e. The molecule has 8 heteroatoms. The quantitative estimate of drug-likeness (QED) is 0.544. The maximum absolute atomic E-state index is 13.4. The van der Waals surface area contributed by atoms with Gasteiger partial charge in [-0.05, 0) is 72.9 Å². The Morgan fingerprint density at radius 1 is 0.938 bits per heavy atom. The molecular weight excluding hydrogens is 429 g/mol. The van der Waals surface area contributed by atoms with Crippen molar-refractivity contribution >= 4 is 21.6 Å². The first-order valence-corrected chi connectivity index (χ1v) is 12.0. The molecule has 1 unspecified atom stereocenters. The molecule has 0 spiro atoms. The molecule has 4 rings (SSSR count). The SMILES string of the molecule is O=C(NC(c1ccc(F)cc1)C1CCCC1)c1ccc(S(=O)(=O)Nc2ccncc2)cc1. The van der Waals surface area contributed by atoms with E-state index >= 15 is 0 Å². The van der Waals surface area contributed by atoms with E-state index in [1.807, 2.05) is 0 Å². The van der Waals surface area contributed by atoms with E-state index in [0.29, 0.717) is 11.3 Å². The molecule has 1 heterocycles. The van der Waals surface area contributed by atoms with E-state index in [4.69, 9.17) is 0 Å². The maximum Gasteiger partial charge on any atom is 0.261 e. The maximum atomic E-state index is 13.4. The van der Waals surface area contributed by atoms with Crippen LogP contribution in [0.4, 0.5) is 10.1 Å². The lowest BCUT2D eigenvalue weighted by molar-refractivity contribution is 0.0921. The molecular formula is C24H24FN3O3S. The zero-order valence-electron chi connectivity index (χ0n) is 17.4. The Kier molecular flexibility index (Phi) is 6.50. The molecule has 3 aromatic rings. The molecule has 6 nitrogen and oxygen atoms in total. The number of carbonyl (C=O) groups excluding carboxylic acids is 1. The largest absolute Gasteiger partial charge is 0.345 e. The molecule has 0 bridgehead atoms. The molecule has 0 saturated heterocycles. The van der Waals surface area contributed by atoms with Gasteiger partial charge in [0.2, 0.25) is 0 Å². The van der Waals surface area contributed by atoms with Gasteiger partial charge in [-0.1, -0.05) is 25.0 Å². The van der Waals surface area contributed by atoms with E-state index < -0.39 is 10.0 Å². The molecule has 2 N–H and O–H groups in total. The second-order valence-electron chi connectivity index (χ2n) is 7.91. The van der Waals surface area contributed by atoms with Crippen LogP contribution in [0.25, 0.3) is 0 Å². The molecule has 166 valence electrons. The van der Waals surface area contributed by atoms with E-state index in [9.17, 15) is 17.6 Å². The fraction of sp³-hybridized carbons (Fsp3) is 0.250. The van der Waals surface area contributed by atoms with Crippen molar-refractivity contribution < 1.29 is 17.6 Å². The third-order valence-electron chi connectivity index (χ3n) is 5.75. The number of halogens is 1. The van der Waals surface area contributed by atoms with E-state index in [1.54, 1.807) is 24.3 Å². The summed E-state index contributed by atoms with van der Waals surface area (Å²) in [7, 11) is -3.78. The summed E-state index contributed by atoms with van der Waals surface area (Å²) in [4.78, 5) is 16.9. The predicted molar refractivity (Wildman–Crippen MR) is 120 cm³/mol. The Labute approximate surface area is 187 Å². The summed E-state index contributed by atoms with van der Waals surface area (Å²) in [5, 5.41) is 3.08. The lowest BCUT2D eigenvalue weighted by atomic mass is 9.91. The highest BCUT2D eigenvalue weighted by atomic mass is 32.2.